The summed E-state index contributed by atoms with van der Waals surface area (Å²) in [5.41, 5.74) is 0. The van der Waals surface area contributed by atoms with Crippen LogP contribution in [0.3, 0.4) is 0 Å². The van der Waals surface area contributed by atoms with Gasteiger partial charge < -0.3 is 18.7 Å². The number of aliphatic hydroxyl groups is 1. The van der Waals surface area contributed by atoms with Gasteiger partial charge in [-0.3, -0.25) is 0 Å². The van der Waals surface area contributed by atoms with Crippen molar-refractivity contribution in [2.45, 2.75) is 18.3 Å². The maximum atomic E-state index is 9.22. The van der Waals surface area contributed by atoms with Gasteiger partial charge in [-0.25, -0.2) is 0 Å². The van der Waals surface area contributed by atoms with Gasteiger partial charge in [-0.05, 0) is 0 Å². The summed E-state index contributed by atoms with van der Waals surface area (Å²) in [6.07, 6.45) is -0.648. The highest BCUT2D eigenvalue weighted by atomic mass is 28.3. The quantitative estimate of drug-likeness (QED) is 0.447. The van der Waals surface area contributed by atoms with Crippen molar-refractivity contribution in [3.8, 4) is 0 Å². The molecule has 2 fully saturated rings. The zero-order valence-corrected chi connectivity index (χ0v) is 6.32. The molecule has 2 saturated heterocycles. The fraction of sp³-hybridized carbons (Fsp3) is 1.00. The molecular weight excluding hydrogens is 152 g/mol. The summed E-state index contributed by atoms with van der Waals surface area (Å²) in [5, 5.41) is 9.22. The van der Waals surface area contributed by atoms with Crippen molar-refractivity contribution in [1.82, 2.24) is 0 Å². The van der Waals surface area contributed by atoms with Crippen LogP contribution in [0.2, 0.25) is 0 Å². The summed E-state index contributed by atoms with van der Waals surface area (Å²) in [4.78, 5) is 0. The molecule has 10 heavy (non-hydrogen) atoms. The lowest BCUT2D eigenvalue weighted by atomic mass is 10.2. The Morgan fingerprint density at radius 3 is 3.10 bits per heavy atom. The average molecular weight is 160 g/mol. The second-order valence-electron chi connectivity index (χ2n) is 2.42. The van der Waals surface area contributed by atoms with Gasteiger partial charge in [-0.1, -0.05) is 0 Å². The molecule has 0 saturated carbocycles. The van der Waals surface area contributed by atoms with Gasteiger partial charge in [0.15, 0.2) is 0 Å². The molecule has 2 radical (unpaired) electrons. The maximum absolute atomic E-state index is 9.22. The number of ether oxygens (including phenoxy) is 1. The highest BCUT2D eigenvalue weighted by Crippen LogP contribution is 2.20. The fourth-order valence-electron chi connectivity index (χ4n) is 1.16. The SMILES string of the molecule is O[C@H]1CO[C@@H]2CO[Si]O[C@@H]12. The van der Waals surface area contributed by atoms with Crippen LogP contribution in [0, 0.1) is 0 Å². The standard InChI is InChI=1S/C5H8O4Si/c6-3-1-7-4-2-8-10-9-5(3)4/h3-6H,1-2H2/t3-,4+,5-/m0/s1. The van der Waals surface area contributed by atoms with Gasteiger partial charge in [-0.2, -0.15) is 0 Å². The van der Waals surface area contributed by atoms with Crippen molar-refractivity contribution in [3.05, 3.63) is 0 Å². The highest BCUT2D eigenvalue weighted by Gasteiger charge is 2.39. The summed E-state index contributed by atoms with van der Waals surface area (Å²) >= 11 is 0. The minimum absolute atomic E-state index is 0.0451. The normalized spacial score (nSPS) is 47.1. The molecule has 0 amide bonds. The number of hydrogen-bond acceptors (Lipinski definition) is 4. The molecule has 2 rings (SSSR count). The molecule has 5 heteroatoms. The summed E-state index contributed by atoms with van der Waals surface area (Å²) in [7, 11) is 0.0608. The zero-order valence-electron chi connectivity index (χ0n) is 5.32. The number of aliphatic hydroxyl groups excluding tert-OH is 1. The second kappa shape index (κ2) is 2.59. The van der Waals surface area contributed by atoms with E-state index in [1.165, 1.54) is 0 Å². The van der Waals surface area contributed by atoms with Crippen molar-refractivity contribution < 1.29 is 18.7 Å². The Kier molecular flexibility index (Phi) is 1.75. The van der Waals surface area contributed by atoms with Gasteiger partial charge in [0.25, 0.3) is 0 Å². The van der Waals surface area contributed by atoms with E-state index in [0.29, 0.717) is 13.2 Å². The number of hydrogen-bond donors (Lipinski definition) is 1. The Morgan fingerprint density at radius 2 is 2.30 bits per heavy atom. The predicted octanol–water partition coefficient (Wildman–Crippen LogP) is -1.30. The van der Waals surface area contributed by atoms with Crippen LogP contribution in [-0.2, 0) is 13.6 Å². The molecule has 0 spiro atoms. The fourth-order valence-corrected chi connectivity index (χ4v) is 1.88. The topological polar surface area (TPSA) is 47.9 Å². The monoisotopic (exact) mass is 160 g/mol. The third kappa shape index (κ3) is 0.997. The molecule has 4 nitrogen and oxygen atoms in total. The van der Waals surface area contributed by atoms with Crippen LogP contribution in [0.1, 0.15) is 0 Å². The van der Waals surface area contributed by atoms with E-state index in [2.05, 4.69) is 0 Å². The first-order chi connectivity index (χ1) is 4.88. The Labute approximate surface area is 61.1 Å². The summed E-state index contributed by atoms with van der Waals surface area (Å²) in [6.45, 7) is 0.934. The number of fused-ring (bicyclic) bond motifs is 1. The molecule has 0 aliphatic carbocycles. The van der Waals surface area contributed by atoms with E-state index in [1.807, 2.05) is 0 Å². The lowest BCUT2D eigenvalue weighted by Crippen LogP contribution is -2.42. The molecule has 0 aromatic carbocycles. The van der Waals surface area contributed by atoms with Crippen LogP contribution >= 0.6 is 0 Å². The predicted molar refractivity (Wildman–Crippen MR) is 32.3 cm³/mol. The van der Waals surface area contributed by atoms with E-state index in [4.69, 9.17) is 13.6 Å². The van der Waals surface area contributed by atoms with E-state index in [1.54, 1.807) is 0 Å². The van der Waals surface area contributed by atoms with E-state index < -0.39 is 6.10 Å². The highest BCUT2D eigenvalue weighted by molar-refractivity contribution is 6.18. The van der Waals surface area contributed by atoms with Gasteiger partial charge in [0.1, 0.15) is 18.3 Å². The van der Waals surface area contributed by atoms with Crippen LogP contribution in [0.5, 0.6) is 0 Å². The minimum Gasteiger partial charge on any atom is -0.390 e. The first-order valence-electron chi connectivity index (χ1n) is 3.20. The first kappa shape index (κ1) is 6.75. The van der Waals surface area contributed by atoms with Gasteiger partial charge in [0, 0.05) is 0 Å². The van der Waals surface area contributed by atoms with Crippen LogP contribution in [-0.4, -0.2) is 46.6 Å². The zero-order chi connectivity index (χ0) is 6.97. The summed E-state index contributed by atoms with van der Waals surface area (Å²) in [6, 6.07) is 0. The maximum Gasteiger partial charge on any atom is 0.434 e. The van der Waals surface area contributed by atoms with E-state index in [0.717, 1.165) is 0 Å². The Morgan fingerprint density at radius 1 is 1.40 bits per heavy atom. The lowest BCUT2D eigenvalue weighted by molar-refractivity contribution is -0.0317. The molecule has 0 aromatic heterocycles. The molecule has 56 valence electrons. The molecule has 1 N–H and O–H groups in total. The molecule has 2 heterocycles. The van der Waals surface area contributed by atoms with Crippen molar-refractivity contribution in [1.29, 1.82) is 0 Å². The van der Waals surface area contributed by atoms with Crippen LogP contribution in [0.4, 0.5) is 0 Å². The smallest absolute Gasteiger partial charge is 0.390 e. The Balaban J connectivity index is 2.01. The molecule has 2 aliphatic rings. The van der Waals surface area contributed by atoms with Crippen LogP contribution in [0.25, 0.3) is 0 Å². The first-order valence-corrected chi connectivity index (χ1v) is 4.01. The lowest BCUT2D eigenvalue weighted by Gasteiger charge is -2.24. The number of rotatable bonds is 0. The van der Waals surface area contributed by atoms with E-state index >= 15 is 0 Å². The molecule has 3 atom stereocenters. The van der Waals surface area contributed by atoms with Crippen molar-refractivity contribution in [2.24, 2.45) is 0 Å². The van der Waals surface area contributed by atoms with Gasteiger partial charge in [0.05, 0.1) is 13.2 Å². The van der Waals surface area contributed by atoms with Gasteiger partial charge in [0.2, 0.25) is 0 Å². The summed E-state index contributed by atoms with van der Waals surface area (Å²) < 4.78 is 15.3. The molecular formula is C5H8O4Si. The van der Waals surface area contributed by atoms with Crippen molar-refractivity contribution in [2.75, 3.05) is 13.2 Å². The minimum atomic E-state index is -0.457. The van der Waals surface area contributed by atoms with E-state index in [9.17, 15) is 5.11 Å². The van der Waals surface area contributed by atoms with Gasteiger partial charge >= 0.3 is 10.0 Å². The van der Waals surface area contributed by atoms with Crippen LogP contribution < -0.4 is 0 Å². The molecule has 0 aromatic rings. The van der Waals surface area contributed by atoms with Crippen molar-refractivity contribution in [3.63, 3.8) is 0 Å². The molecule has 0 bridgehead atoms. The largest absolute Gasteiger partial charge is 0.434 e. The molecule has 0 unspecified atom stereocenters. The average Bonchev–Trinajstić information content (AvgIpc) is 2.34. The Bertz CT molecular complexity index is 129. The van der Waals surface area contributed by atoms with Crippen molar-refractivity contribution >= 4 is 10.0 Å². The molecule has 2 aliphatic heterocycles. The van der Waals surface area contributed by atoms with Gasteiger partial charge in [-0.15, -0.1) is 0 Å². The Hall–Kier alpha value is 0.0569. The summed E-state index contributed by atoms with van der Waals surface area (Å²) in [5.74, 6) is 0. The second-order valence-corrected chi connectivity index (χ2v) is 3.11. The van der Waals surface area contributed by atoms with E-state index in [-0.39, 0.29) is 22.2 Å². The third-order valence-electron chi connectivity index (χ3n) is 1.72. The third-order valence-corrected chi connectivity index (χ3v) is 2.37. The van der Waals surface area contributed by atoms with Crippen LogP contribution in [0.15, 0.2) is 0 Å².